The highest BCUT2D eigenvalue weighted by Gasteiger charge is 2.29. The first kappa shape index (κ1) is 39.4. The van der Waals surface area contributed by atoms with Crippen LogP contribution in [-0.2, 0) is 25.5 Å². The maximum atomic E-state index is 13.9. The molecule has 17 nitrogen and oxygen atoms in total. The maximum Gasteiger partial charge on any atom is 0.355 e. The zero-order chi connectivity index (χ0) is 40.1. The second-order valence-corrected chi connectivity index (χ2v) is 15.0. The number of benzene rings is 3. The minimum atomic E-state index is -1.24. The zero-order valence-electron chi connectivity index (χ0n) is 31.4. The molecule has 0 aliphatic carbocycles. The molecule has 1 saturated heterocycles. The first-order valence-electron chi connectivity index (χ1n) is 17.7. The van der Waals surface area contributed by atoms with E-state index < -0.39 is 35.3 Å². The average molecular weight is 784 g/mol. The Kier molecular flexibility index (Phi) is 11.7. The Labute approximate surface area is 327 Å². The summed E-state index contributed by atoms with van der Waals surface area (Å²) in [6.07, 6.45) is 2.18. The van der Waals surface area contributed by atoms with Gasteiger partial charge in [-0.2, -0.15) is 4.68 Å². The average Bonchev–Trinajstić information content (AvgIpc) is 3.93. The molecule has 3 heterocycles. The number of aromatic amines is 1. The lowest BCUT2D eigenvalue weighted by molar-refractivity contribution is -0.137. The number of amides is 5. The van der Waals surface area contributed by atoms with Crippen LogP contribution in [0, 0.1) is 0 Å². The van der Waals surface area contributed by atoms with Crippen molar-refractivity contribution in [3.63, 3.8) is 0 Å². The van der Waals surface area contributed by atoms with Gasteiger partial charge in [0.25, 0.3) is 0 Å². The monoisotopic (exact) mass is 783 g/mol. The highest BCUT2D eigenvalue weighted by Crippen LogP contribution is 2.25. The number of nitrogens with zero attached hydrogens (tertiary/aromatic N) is 6. The Morgan fingerprint density at radius 3 is 2.38 bits per heavy atom. The van der Waals surface area contributed by atoms with E-state index in [0.29, 0.717) is 52.7 Å². The van der Waals surface area contributed by atoms with Crippen molar-refractivity contribution in [2.75, 3.05) is 43.1 Å². The fraction of sp³-hybridized carbons (Fsp3) is 0.316. The molecule has 0 bridgehead atoms. The molecule has 18 heteroatoms. The summed E-state index contributed by atoms with van der Waals surface area (Å²) in [5.74, 6) is -3.31. The third-order valence-electron chi connectivity index (χ3n) is 8.96. The molecule has 1 aliphatic rings. The molecule has 5 N–H and O–H groups in total. The molecule has 0 unspecified atom stereocenters. The number of esters is 1. The van der Waals surface area contributed by atoms with Gasteiger partial charge in [-0.05, 0) is 112 Å². The molecule has 292 valence electrons. The lowest BCUT2D eigenvalue weighted by atomic mass is 10.0. The van der Waals surface area contributed by atoms with E-state index in [1.807, 2.05) is 14.1 Å². The van der Waals surface area contributed by atoms with Gasteiger partial charge in [-0.3, -0.25) is 14.4 Å². The molecule has 2 atom stereocenters. The number of halogens is 1. The number of carbonyl (C=O) groups excluding carboxylic acids is 5. The summed E-state index contributed by atoms with van der Waals surface area (Å²) in [7, 11) is 3.98. The van der Waals surface area contributed by atoms with E-state index in [2.05, 4.69) is 46.7 Å². The molecular weight excluding hydrogens is 742 g/mol. The number of tetrazole rings is 1. The Hall–Kier alpha value is -6.33. The fourth-order valence-corrected chi connectivity index (χ4v) is 6.26. The van der Waals surface area contributed by atoms with Crippen LogP contribution in [0.5, 0.6) is 0 Å². The lowest BCUT2D eigenvalue weighted by Crippen LogP contribution is -2.49. The van der Waals surface area contributed by atoms with Crippen LogP contribution in [-0.4, -0.2) is 110 Å². The Bertz CT molecular complexity index is 2250. The van der Waals surface area contributed by atoms with E-state index >= 15 is 0 Å². The Balaban J connectivity index is 1.18. The zero-order valence-corrected chi connectivity index (χ0v) is 32.2. The number of fused-ring (bicyclic) bond motifs is 1. The molecule has 0 saturated carbocycles. The molecule has 1 aliphatic heterocycles. The molecule has 0 radical (unpaired) electrons. The van der Waals surface area contributed by atoms with Crippen molar-refractivity contribution in [2.24, 2.45) is 0 Å². The van der Waals surface area contributed by atoms with Gasteiger partial charge >= 0.3 is 23.8 Å². The van der Waals surface area contributed by atoms with Crippen LogP contribution in [0.3, 0.4) is 0 Å². The number of likely N-dealkylation sites (N-methyl/N-ethyl adjacent to an activating group) is 1. The van der Waals surface area contributed by atoms with Crippen LogP contribution in [0.15, 0.2) is 73.1 Å². The number of hydrogen-bond acceptors (Lipinski definition) is 10. The maximum absolute atomic E-state index is 13.9. The number of urea groups is 1. The van der Waals surface area contributed by atoms with Crippen LogP contribution < -0.4 is 21.3 Å². The highest BCUT2D eigenvalue weighted by atomic mass is 35.5. The molecule has 1 fully saturated rings. The van der Waals surface area contributed by atoms with Crippen molar-refractivity contribution >= 4 is 69.3 Å². The van der Waals surface area contributed by atoms with Gasteiger partial charge in [-0.1, -0.05) is 23.7 Å². The number of likely N-dealkylation sites (tertiary alicyclic amines) is 1. The molecule has 56 heavy (non-hydrogen) atoms. The van der Waals surface area contributed by atoms with Crippen molar-refractivity contribution in [1.82, 2.24) is 40.3 Å². The Morgan fingerprint density at radius 2 is 1.70 bits per heavy atom. The number of nitrogens with one attached hydrogen (secondary N) is 5. The van der Waals surface area contributed by atoms with Crippen LogP contribution >= 0.6 is 11.6 Å². The fourth-order valence-electron chi connectivity index (χ4n) is 6.08. The minimum absolute atomic E-state index is 0.0159. The Morgan fingerprint density at radius 1 is 0.946 bits per heavy atom. The second kappa shape index (κ2) is 16.6. The first-order chi connectivity index (χ1) is 26.6. The highest BCUT2D eigenvalue weighted by molar-refractivity contribution is 6.40. The number of rotatable bonds is 10. The van der Waals surface area contributed by atoms with Gasteiger partial charge in [0, 0.05) is 52.9 Å². The third kappa shape index (κ3) is 9.85. The van der Waals surface area contributed by atoms with Gasteiger partial charge in [0.15, 0.2) is 0 Å². The molecule has 2 aromatic heterocycles. The van der Waals surface area contributed by atoms with Crippen molar-refractivity contribution in [1.29, 1.82) is 0 Å². The van der Waals surface area contributed by atoms with Crippen molar-refractivity contribution in [3.8, 4) is 5.69 Å². The lowest BCUT2D eigenvalue weighted by Gasteiger charge is -2.21. The molecule has 5 aromatic rings. The number of ether oxygens (including phenoxy) is 1. The summed E-state index contributed by atoms with van der Waals surface area (Å²) in [5.41, 5.74) is 2.27. The number of carbonyl (C=O) groups is 5. The predicted molar refractivity (Wildman–Crippen MR) is 210 cm³/mol. The molecule has 3 aromatic carbocycles. The number of anilines is 3. The van der Waals surface area contributed by atoms with Gasteiger partial charge in [0.05, 0.1) is 11.4 Å². The summed E-state index contributed by atoms with van der Waals surface area (Å²) >= 11 is 6.18. The van der Waals surface area contributed by atoms with E-state index in [1.165, 1.54) is 17.1 Å². The summed E-state index contributed by atoms with van der Waals surface area (Å²) in [6, 6.07) is 16.9. The SMILES string of the molecule is CN(C)[C@@H]1CCN(C(=O)Nc2ccc(C[C@H](NC(=O)C(=O)Nc3cc(Cl)ccc3-n3cnnn3)C(=O)Nc3ccc4[nH]c(C(=O)OC(C)(C)C)cc4c3)cc2)C1. The van der Waals surface area contributed by atoms with Gasteiger partial charge in [-0.25, -0.2) is 9.59 Å². The van der Waals surface area contributed by atoms with Crippen molar-refractivity contribution in [3.05, 3.63) is 89.3 Å². The standard InChI is InChI=1S/C38H42ClN11O6/c1-38(2,3)56-36(54)31-18-23-17-26(11-12-28(23)43-31)41-33(51)30(16-22-6-9-25(10-7-22)42-37(55)49-15-14-27(20-49)48(4)5)45-35(53)34(52)44-29-19-24(39)8-13-32(29)50-21-40-46-47-50/h6-13,17-19,21,27,30,43H,14-16,20H2,1-5H3,(H,41,51)(H,42,55)(H,44,52)(H,45,53)/t27-,30+/m1/s1. The number of H-pyrrole nitrogens is 1. The second-order valence-electron chi connectivity index (χ2n) is 14.6. The topological polar surface area (TPSA) is 209 Å². The largest absolute Gasteiger partial charge is 0.455 e. The molecule has 5 amide bonds. The van der Waals surface area contributed by atoms with Crippen molar-refractivity contribution in [2.45, 2.75) is 51.3 Å². The van der Waals surface area contributed by atoms with Crippen molar-refractivity contribution < 1.29 is 28.7 Å². The smallest absolute Gasteiger partial charge is 0.355 e. The normalized spacial score (nSPS) is 14.7. The molecular formula is C38H42ClN11O6. The van der Waals surface area contributed by atoms with E-state index in [0.717, 1.165) is 6.42 Å². The van der Waals surface area contributed by atoms with E-state index in [1.54, 1.807) is 86.3 Å². The quantitative estimate of drug-likeness (QED) is 0.101. The van der Waals surface area contributed by atoms with E-state index in [9.17, 15) is 24.0 Å². The summed E-state index contributed by atoms with van der Waals surface area (Å²) in [4.78, 5) is 73.0. The summed E-state index contributed by atoms with van der Waals surface area (Å²) in [6.45, 7) is 6.59. The van der Waals surface area contributed by atoms with E-state index in [4.69, 9.17) is 16.3 Å². The van der Waals surface area contributed by atoms with Gasteiger partial charge in [0.1, 0.15) is 23.7 Å². The van der Waals surface area contributed by atoms with Gasteiger partial charge in [-0.15, -0.1) is 5.10 Å². The molecule has 6 rings (SSSR count). The van der Waals surface area contributed by atoms with E-state index in [-0.39, 0.29) is 28.9 Å². The van der Waals surface area contributed by atoms with Crippen LogP contribution in [0.1, 0.15) is 43.2 Å². The minimum Gasteiger partial charge on any atom is -0.455 e. The van der Waals surface area contributed by atoms with Crippen LogP contribution in [0.2, 0.25) is 5.02 Å². The van der Waals surface area contributed by atoms with Gasteiger partial charge < -0.3 is 40.8 Å². The molecule has 0 spiro atoms. The predicted octanol–water partition coefficient (Wildman–Crippen LogP) is 4.22. The van der Waals surface area contributed by atoms with Gasteiger partial charge in [0.2, 0.25) is 5.91 Å². The van der Waals surface area contributed by atoms with Crippen LogP contribution in [0.4, 0.5) is 21.9 Å². The third-order valence-corrected chi connectivity index (χ3v) is 9.20. The number of hydrogen-bond donors (Lipinski definition) is 5. The van der Waals surface area contributed by atoms with Crippen LogP contribution in [0.25, 0.3) is 16.6 Å². The first-order valence-corrected chi connectivity index (χ1v) is 18.1. The summed E-state index contributed by atoms with van der Waals surface area (Å²) in [5, 5.41) is 22.8. The summed E-state index contributed by atoms with van der Waals surface area (Å²) < 4.78 is 6.76. The number of aromatic nitrogens is 5.